The number of rotatable bonds is 2. The molecule has 1 aromatic heterocycles. The molecule has 0 atom stereocenters. The molecule has 0 aliphatic carbocycles. The van der Waals surface area contributed by atoms with Crippen molar-refractivity contribution in [2.75, 3.05) is 0 Å². The van der Waals surface area contributed by atoms with Crippen LogP contribution in [-0.4, -0.2) is 16.1 Å². The van der Waals surface area contributed by atoms with E-state index in [0.717, 1.165) is 0 Å². The van der Waals surface area contributed by atoms with Crippen LogP contribution in [-0.2, 0) is 11.2 Å². The van der Waals surface area contributed by atoms with Crippen molar-refractivity contribution < 1.29 is 9.90 Å². The van der Waals surface area contributed by atoms with Crippen LogP contribution in [0.2, 0.25) is 5.02 Å². The molecule has 0 saturated heterocycles. The Morgan fingerprint density at radius 1 is 1.67 bits per heavy atom. The van der Waals surface area contributed by atoms with E-state index in [-0.39, 0.29) is 18.8 Å². The SMILES string of the molecule is Cl.O=C(O)Cc1ncccc1Cl. The van der Waals surface area contributed by atoms with E-state index in [1.54, 1.807) is 12.1 Å². The first-order valence-electron chi connectivity index (χ1n) is 3.01. The number of pyridine rings is 1. The molecule has 1 N–H and O–H groups in total. The lowest BCUT2D eigenvalue weighted by Crippen LogP contribution is -2.02. The van der Waals surface area contributed by atoms with Crippen molar-refractivity contribution in [3.63, 3.8) is 0 Å². The molecule has 0 unspecified atom stereocenters. The second-order valence-electron chi connectivity index (χ2n) is 2.00. The van der Waals surface area contributed by atoms with Crippen molar-refractivity contribution in [2.24, 2.45) is 0 Å². The van der Waals surface area contributed by atoms with Gasteiger partial charge in [-0.1, -0.05) is 11.6 Å². The van der Waals surface area contributed by atoms with Crippen molar-refractivity contribution in [3.05, 3.63) is 29.0 Å². The van der Waals surface area contributed by atoms with Crippen LogP contribution < -0.4 is 0 Å². The zero-order chi connectivity index (χ0) is 8.27. The van der Waals surface area contributed by atoms with Crippen LogP contribution in [0.15, 0.2) is 18.3 Å². The summed E-state index contributed by atoms with van der Waals surface area (Å²) in [5.74, 6) is -0.925. The fraction of sp³-hybridized carbons (Fsp3) is 0.143. The number of nitrogens with zero attached hydrogens (tertiary/aromatic N) is 1. The first kappa shape index (κ1) is 11.2. The number of aromatic nitrogens is 1. The molecule has 0 aromatic carbocycles. The Labute approximate surface area is 80.8 Å². The van der Waals surface area contributed by atoms with Gasteiger partial charge in [-0.05, 0) is 12.1 Å². The molecule has 5 heteroatoms. The number of carbonyl (C=O) groups is 1. The van der Waals surface area contributed by atoms with Gasteiger partial charge in [0.1, 0.15) is 0 Å². The largest absolute Gasteiger partial charge is 0.481 e. The molecule has 1 heterocycles. The fourth-order valence-electron chi connectivity index (χ4n) is 0.692. The number of aliphatic carboxylic acids is 1. The van der Waals surface area contributed by atoms with Gasteiger partial charge in [-0.25, -0.2) is 0 Å². The third-order valence-corrected chi connectivity index (χ3v) is 1.50. The van der Waals surface area contributed by atoms with Gasteiger partial charge in [-0.2, -0.15) is 0 Å². The second-order valence-corrected chi connectivity index (χ2v) is 2.41. The van der Waals surface area contributed by atoms with E-state index in [0.29, 0.717) is 10.7 Å². The molecule has 1 rings (SSSR count). The van der Waals surface area contributed by atoms with Crippen LogP contribution in [0.5, 0.6) is 0 Å². The lowest BCUT2D eigenvalue weighted by molar-refractivity contribution is -0.136. The monoisotopic (exact) mass is 207 g/mol. The van der Waals surface area contributed by atoms with Gasteiger partial charge >= 0.3 is 5.97 Å². The molecular formula is C7H7Cl2NO2. The van der Waals surface area contributed by atoms with E-state index in [4.69, 9.17) is 16.7 Å². The number of hydrogen-bond acceptors (Lipinski definition) is 2. The summed E-state index contributed by atoms with van der Waals surface area (Å²) in [5.41, 5.74) is 0.404. The standard InChI is InChI=1S/C7H6ClNO2.ClH/c8-5-2-1-3-9-6(5)4-7(10)11;/h1-3H,4H2,(H,10,11);1H. The molecule has 12 heavy (non-hydrogen) atoms. The molecule has 0 bridgehead atoms. The van der Waals surface area contributed by atoms with Gasteiger partial charge in [0, 0.05) is 6.20 Å². The fourth-order valence-corrected chi connectivity index (χ4v) is 0.880. The minimum atomic E-state index is -0.925. The van der Waals surface area contributed by atoms with E-state index in [1.807, 2.05) is 0 Å². The highest BCUT2D eigenvalue weighted by Gasteiger charge is 2.04. The maximum atomic E-state index is 10.2. The second kappa shape index (κ2) is 4.95. The molecule has 66 valence electrons. The average molecular weight is 208 g/mol. The summed E-state index contributed by atoms with van der Waals surface area (Å²) < 4.78 is 0. The lowest BCUT2D eigenvalue weighted by atomic mass is 10.3. The van der Waals surface area contributed by atoms with Gasteiger partial charge in [0.2, 0.25) is 0 Å². The van der Waals surface area contributed by atoms with E-state index >= 15 is 0 Å². The molecule has 0 amide bonds. The molecule has 3 nitrogen and oxygen atoms in total. The predicted octanol–water partition coefficient (Wildman–Crippen LogP) is 1.78. The smallest absolute Gasteiger partial charge is 0.309 e. The lowest BCUT2D eigenvalue weighted by Gasteiger charge is -1.96. The van der Waals surface area contributed by atoms with Gasteiger partial charge in [-0.3, -0.25) is 9.78 Å². The van der Waals surface area contributed by atoms with Crippen molar-refractivity contribution in [2.45, 2.75) is 6.42 Å². The maximum absolute atomic E-state index is 10.2. The molecule has 0 aliphatic rings. The number of hydrogen-bond donors (Lipinski definition) is 1. The van der Waals surface area contributed by atoms with E-state index in [2.05, 4.69) is 4.98 Å². The third kappa shape index (κ3) is 3.07. The zero-order valence-electron chi connectivity index (χ0n) is 6.03. The van der Waals surface area contributed by atoms with E-state index < -0.39 is 5.97 Å². The summed E-state index contributed by atoms with van der Waals surface area (Å²) in [6, 6.07) is 3.28. The Bertz CT molecular complexity index is 278. The van der Waals surface area contributed by atoms with Gasteiger partial charge in [0.15, 0.2) is 0 Å². The summed E-state index contributed by atoms with van der Waals surface area (Å²) in [7, 11) is 0. The molecule has 0 fully saturated rings. The Kier molecular flexibility index (Phi) is 4.62. The summed E-state index contributed by atoms with van der Waals surface area (Å²) in [4.78, 5) is 14.0. The van der Waals surface area contributed by atoms with Crippen LogP contribution in [0, 0.1) is 0 Å². The Balaban J connectivity index is 0.00000121. The third-order valence-electron chi connectivity index (χ3n) is 1.15. The normalized spacial score (nSPS) is 8.75. The highest BCUT2D eigenvalue weighted by molar-refractivity contribution is 6.31. The van der Waals surface area contributed by atoms with Crippen LogP contribution in [0.25, 0.3) is 0 Å². The van der Waals surface area contributed by atoms with Gasteiger partial charge in [0.05, 0.1) is 17.1 Å². The summed E-state index contributed by atoms with van der Waals surface area (Å²) >= 11 is 5.64. The number of carboxylic acids is 1. The topological polar surface area (TPSA) is 50.2 Å². The van der Waals surface area contributed by atoms with Gasteiger partial charge < -0.3 is 5.11 Å². The molecule has 0 radical (unpaired) electrons. The van der Waals surface area contributed by atoms with Crippen LogP contribution in [0.1, 0.15) is 5.69 Å². The predicted molar refractivity (Wildman–Crippen MR) is 47.8 cm³/mol. The highest BCUT2D eigenvalue weighted by Crippen LogP contribution is 2.11. The summed E-state index contributed by atoms with van der Waals surface area (Å²) in [6.45, 7) is 0. The molecule has 0 spiro atoms. The van der Waals surface area contributed by atoms with Crippen LogP contribution in [0.4, 0.5) is 0 Å². The van der Waals surface area contributed by atoms with Crippen molar-refractivity contribution in [1.82, 2.24) is 4.98 Å². The molecule has 0 aliphatic heterocycles. The number of carboxylic acid groups (broad SMARTS) is 1. The molecular weight excluding hydrogens is 201 g/mol. The quantitative estimate of drug-likeness (QED) is 0.805. The average Bonchev–Trinajstić information content (AvgIpc) is 1.93. The van der Waals surface area contributed by atoms with E-state index in [9.17, 15) is 4.79 Å². The van der Waals surface area contributed by atoms with Crippen LogP contribution in [0.3, 0.4) is 0 Å². The van der Waals surface area contributed by atoms with Crippen molar-refractivity contribution in [1.29, 1.82) is 0 Å². The zero-order valence-corrected chi connectivity index (χ0v) is 7.60. The van der Waals surface area contributed by atoms with Gasteiger partial charge in [-0.15, -0.1) is 12.4 Å². The minimum Gasteiger partial charge on any atom is -0.481 e. The van der Waals surface area contributed by atoms with Gasteiger partial charge in [0.25, 0.3) is 0 Å². The number of halogens is 2. The molecule has 1 aromatic rings. The Hall–Kier alpha value is -0.800. The molecule has 0 saturated carbocycles. The van der Waals surface area contributed by atoms with Crippen molar-refractivity contribution >= 4 is 30.0 Å². The first-order valence-corrected chi connectivity index (χ1v) is 3.39. The summed E-state index contributed by atoms with van der Waals surface area (Å²) in [6.07, 6.45) is 1.39. The van der Waals surface area contributed by atoms with E-state index in [1.165, 1.54) is 6.20 Å². The first-order chi connectivity index (χ1) is 5.20. The Morgan fingerprint density at radius 3 is 2.83 bits per heavy atom. The van der Waals surface area contributed by atoms with Crippen molar-refractivity contribution in [3.8, 4) is 0 Å². The minimum absolute atomic E-state index is 0. The summed E-state index contributed by atoms with van der Waals surface area (Å²) in [5, 5.41) is 8.79. The highest BCUT2D eigenvalue weighted by atomic mass is 35.5. The maximum Gasteiger partial charge on any atom is 0.309 e. The van der Waals surface area contributed by atoms with Crippen LogP contribution >= 0.6 is 24.0 Å². The Morgan fingerprint density at radius 2 is 2.33 bits per heavy atom.